The summed E-state index contributed by atoms with van der Waals surface area (Å²) >= 11 is 1.22. The molecule has 1 aliphatic heterocycles. The molecule has 1 amide bonds. The number of ether oxygens (including phenoxy) is 1. The number of phenolic OH excluding ortho intramolecular Hbond substituents is 1. The highest BCUT2D eigenvalue weighted by molar-refractivity contribution is 8.03. The number of methoxy groups -OCH3 is 1. The van der Waals surface area contributed by atoms with Crippen molar-refractivity contribution < 1.29 is 19.4 Å². The van der Waals surface area contributed by atoms with Crippen LogP contribution in [0.4, 0.5) is 5.69 Å². The van der Waals surface area contributed by atoms with Gasteiger partial charge in [0.05, 0.1) is 35.5 Å². The van der Waals surface area contributed by atoms with E-state index in [1.807, 2.05) is 24.3 Å². The lowest BCUT2D eigenvalue weighted by molar-refractivity contribution is -0.113. The van der Waals surface area contributed by atoms with Gasteiger partial charge in [-0.3, -0.25) is 9.59 Å². The lowest BCUT2D eigenvalue weighted by Gasteiger charge is -2.30. The Labute approximate surface area is 219 Å². The molecule has 3 N–H and O–H groups in total. The fraction of sp³-hybridized carbons (Fsp3) is 0.138. The summed E-state index contributed by atoms with van der Waals surface area (Å²) in [6.07, 6.45) is 0. The maximum Gasteiger partial charge on any atom is 0.254 e. The molecular formula is C29H25N3O4S. The minimum absolute atomic E-state index is 0.0540. The Hall–Kier alpha value is -4.48. The van der Waals surface area contributed by atoms with E-state index in [-0.39, 0.29) is 28.9 Å². The molecule has 4 rings (SSSR count). The predicted molar refractivity (Wildman–Crippen MR) is 144 cm³/mol. The van der Waals surface area contributed by atoms with E-state index in [9.17, 15) is 20.0 Å². The number of ketones is 1. The van der Waals surface area contributed by atoms with Crippen molar-refractivity contribution in [2.24, 2.45) is 0 Å². The standard InChI is InChI=1S/C29H25N3O4S/c1-18-26(28(35)32-21-11-7-4-8-12-21)27(20-13-14-23(33)25(15-20)36-2)22(16-30)29(31-18)37-17-24(34)19-9-5-3-6-10-19/h3-15,27,31,33H,17H2,1-2H3,(H,32,35)/t27-/m1/s1. The van der Waals surface area contributed by atoms with Crippen molar-refractivity contribution in [3.8, 4) is 17.6 Å². The zero-order valence-electron chi connectivity index (χ0n) is 20.3. The van der Waals surface area contributed by atoms with Gasteiger partial charge in [-0.15, -0.1) is 0 Å². The molecule has 186 valence electrons. The number of carbonyl (C=O) groups excluding carboxylic acids is 2. The predicted octanol–water partition coefficient (Wildman–Crippen LogP) is 5.35. The maximum atomic E-state index is 13.5. The first kappa shape index (κ1) is 25.6. The quantitative estimate of drug-likeness (QED) is 0.350. The summed E-state index contributed by atoms with van der Waals surface area (Å²) in [4.78, 5) is 26.3. The van der Waals surface area contributed by atoms with E-state index in [0.29, 0.717) is 38.7 Å². The summed E-state index contributed by atoms with van der Waals surface area (Å²) in [5.41, 5.74) is 3.00. The van der Waals surface area contributed by atoms with Gasteiger partial charge in [0.15, 0.2) is 17.3 Å². The number of phenols is 1. The highest BCUT2D eigenvalue weighted by Crippen LogP contribution is 2.43. The Morgan fingerprint density at radius 2 is 1.76 bits per heavy atom. The lowest BCUT2D eigenvalue weighted by atomic mass is 9.82. The molecule has 7 nitrogen and oxygen atoms in total. The van der Waals surface area contributed by atoms with Gasteiger partial charge in [0.1, 0.15) is 0 Å². The molecular weight excluding hydrogens is 486 g/mol. The molecule has 0 saturated heterocycles. The first-order chi connectivity index (χ1) is 17.9. The van der Waals surface area contributed by atoms with E-state index in [2.05, 4.69) is 16.7 Å². The van der Waals surface area contributed by atoms with Gasteiger partial charge >= 0.3 is 0 Å². The van der Waals surface area contributed by atoms with Crippen LogP contribution in [0.2, 0.25) is 0 Å². The maximum absolute atomic E-state index is 13.5. The number of benzene rings is 3. The van der Waals surface area contributed by atoms with E-state index >= 15 is 0 Å². The van der Waals surface area contributed by atoms with Gasteiger partial charge in [-0.25, -0.2) is 0 Å². The number of nitrogens with one attached hydrogen (secondary N) is 2. The van der Waals surface area contributed by atoms with Gasteiger partial charge in [0.2, 0.25) is 0 Å². The second-order valence-corrected chi connectivity index (χ2v) is 9.27. The third kappa shape index (κ3) is 5.68. The highest BCUT2D eigenvalue weighted by atomic mass is 32.2. The van der Waals surface area contributed by atoms with Crippen LogP contribution in [-0.2, 0) is 4.79 Å². The number of dihydropyridines is 1. The van der Waals surface area contributed by atoms with Gasteiger partial charge in [0.25, 0.3) is 5.91 Å². The smallest absolute Gasteiger partial charge is 0.254 e. The molecule has 0 aromatic heterocycles. The van der Waals surface area contributed by atoms with E-state index in [1.54, 1.807) is 55.5 Å². The van der Waals surface area contributed by atoms with E-state index in [4.69, 9.17) is 4.74 Å². The number of nitrogens with zero attached hydrogens (tertiary/aromatic N) is 1. The third-order valence-corrected chi connectivity index (χ3v) is 6.92. The van der Waals surface area contributed by atoms with E-state index in [1.165, 1.54) is 24.9 Å². The molecule has 0 spiro atoms. The zero-order valence-corrected chi connectivity index (χ0v) is 21.1. The summed E-state index contributed by atoms with van der Waals surface area (Å²) in [5, 5.41) is 27.0. The average Bonchev–Trinajstić information content (AvgIpc) is 2.92. The molecule has 0 fully saturated rings. The van der Waals surface area contributed by atoms with Crippen LogP contribution < -0.4 is 15.4 Å². The molecule has 0 unspecified atom stereocenters. The molecule has 37 heavy (non-hydrogen) atoms. The Bertz CT molecular complexity index is 1430. The van der Waals surface area contributed by atoms with Crippen molar-refractivity contribution >= 4 is 29.1 Å². The second kappa shape index (κ2) is 11.5. The van der Waals surface area contributed by atoms with Crippen LogP contribution in [0, 0.1) is 11.3 Å². The third-order valence-electron chi connectivity index (χ3n) is 5.90. The van der Waals surface area contributed by atoms with Crippen molar-refractivity contribution in [3.05, 3.63) is 112 Å². The van der Waals surface area contributed by atoms with Gasteiger partial charge in [-0.2, -0.15) is 5.26 Å². The number of aromatic hydroxyl groups is 1. The SMILES string of the molecule is COc1cc([C@@H]2C(C#N)=C(SCC(=O)c3ccccc3)NC(C)=C2C(=O)Nc2ccccc2)ccc1O. The number of Topliss-reactive ketones (excluding diaryl/α,β-unsaturated/α-hetero) is 1. The molecule has 1 aliphatic rings. The van der Waals surface area contributed by atoms with Crippen LogP contribution in [0.25, 0.3) is 0 Å². The zero-order chi connectivity index (χ0) is 26.4. The summed E-state index contributed by atoms with van der Waals surface area (Å²) in [6, 6.07) is 25.0. The van der Waals surface area contributed by atoms with Crippen molar-refractivity contribution in [3.63, 3.8) is 0 Å². The molecule has 0 aliphatic carbocycles. The Balaban J connectivity index is 1.73. The van der Waals surface area contributed by atoms with Crippen molar-refractivity contribution in [2.45, 2.75) is 12.8 Å². The summed E-state index contributed by atoms with van der Waals surface area (Å²) in [6.45, 7) is 1.76. The molecule has 0 saturated carbocycles. The van der Waals surface area contributed by atoms with E-state index in [0.717, 1.165) is 0 Å². The van der Waals surface area contributed by atoms with Gasteiger partial charge in [-0.05, 0) is 36.8 Å². The number of carbonyl (C=O) groups is 2. The number of para-hydroxylation sites is 1. The van der Waals surface area contributed by atoms with Crippen molar-refractivity contribution in [1.82, 2.24) is 5.32 Å². The largest absolute Gasteiger partial charge is 0.504 e. The average molecular weight is 512 g/mol. The molecule has 3 aromatic carbocycles. The molecule has 0 bridgehead atoms. The number of amides is 1. The first-order valence-corrected chi connectivity index (χ1v) is 12.5. The number of thioether (sulfide) groups is 1. The Morgan fingerprint density at radius 3 is 2.41 bits per heavy atom. The molecule has 1 atom stereocenters. The number of allylic oxidation sites excluding steroid dienone is 2. The van der Waals surface area contributed by atoms with Crippen LogP contribution in [0.15, 0.2) is 101 Å². The van der Waals surface area contributed by atoms with Crippen molar-refractivity contribution in [1.29, 1.82) is 5.26 Å². The number of hydrogen-bond acceptors (Lipinski definition) is 7. The monoisotopic (exact) mass is 511 g/mol. The summed E-state index contributed by atoms with van der Waals surface area (Å²) in [5.74, 6) is -0.912. The second-order valence-electron chi connectivity index (χ2n) is 8.28. The first-order valence-electron chi connectivity index (χ1n) is 11.5. The summed E-state index contributed by atoms with van der Waals surface area (Å²) in [7, 11) is 1.43. The number of anilines is 1. The van der Waals surface area contributed by atoms with Gasteiger partial charge < -0.3 is 20.5 Å². The molecule has 1 heterocycles. The summed E-state index contributed by atoms with van der Waals surface area (Å²) < 4.78 is 5.29. The van der Waals surface area contributed by atoms with Gasteiger partial charge in [0, 0.05) is 22.5 Å². The number of nitriles is 1. The van der Waals surface area contributed by atoms with Crippen LogP contribution in [0.5, 0.6) is 11.5 Å². The van der Waals surface area contributed by atoms with Crippen LogP contribution in [0.1, 0.15) is 28.8 Å². The molecule has 0 radical (unpaired) electrons. The minimum Gasteiger partial charge on any atom is -0.504 e. The number of rotatable bonds is 8. The number of hydrogen-bond donors (Lipinski definition) is 3. The fourth-order valence-electron chi connectivity index (χ4n) is 4.10. The molecule has 3 aromatic rings. The topological polar surface area (TPSA) is 111 Å². The fourth-order valence-corrected chi connectivity index (χ4v) is 5.09. The minimum atomic E-state index is -0.751. The Kier molecular flexibility index (Phi) is 7.96. The lowest BCUT2D eigenvalue weighted by Crippen LogP contribution is -2.31. The van der Waals surface area contributed by atoms with Gasteiger partial charge in [-0.1, -0.05) is 66.4 Å². The Morgan fingerprint density at radius 1 is 1.08 bits per heavy atom. The normalized spacial score (nSPS) is 15.0. The van der Waals surface area contributed by atoms with Crippen molar-refractivity contribution in [2.75, 3.05) is 18.2 Å². The molecule has 8 heteroatoms. The van der Waals surface area contributed by atoms with Crippen LogP contribution >= 0.6 is 11.8 Å². The van der Waals surface area contributed by atoms with E-state index < -0.39 is 5.92 Å². The van der Waals surface area contributed by atoms with Crippen LogP contribution in [0.3, 0.4) is 0 Å². The van der Waals surface area contributed by atoms with Crippen LogP contribution in [-0.4, -0.2) is 29.7 Å². The highest BCUT2D eigenvalue weighted by Gasteiger charge is 2.35.